The summed E-state index contributed by atoms with van der Waals surface area (Å²) < 4.78 is 13.5. The second-order valence-corrected chi connectivity index (χ2v) is 6.15. The molecule has 0 fully saturated rings. The highest BCUT2D eigenvalue weighted by Crippen LogP contribution is 2.23. The first-order valence-electron chi connectivity index (χ1n) is 8.42. The van der Waals surface area contributed by atoms with Crippen LogP contribution in [0.5, 0.6) is 0 Å². The molecular weight excluding hydrogens is 333 g/mol. The topological polar surface area (TPSA) is 74.0 Å². The summed E-state index contributed by atoms with van der Waals surface area (Å²) in [6.07, 6.45) is 0.924. The lowest BCUT2D eigenvalue weighted by Crippen LogP contribution is -2.42. The number of rotatable bonds is 4. The molecule has 1 heterocycles. The molecule has 2 aromatic carbocycles. The fraction of sp³-hybridized carbons (Fsp3) is 0.200. The van der Waals surface area contributed by atoms with E-state index < -0.39 is 0 Å². The van der Waals surface area contributed by atoms with Gasteiger partial charge in [0.2, 0.25) is 5.91 Å². The summed E-state index contributed by atoms with van der Waals surface area (Å²) in [5.41, 5.74) is 8.68. The average molecular weight is 353 g/mol. The predicted molar refractivity (Wildman–Crippen MR) is 98.1 cm³/mol. The van der Waals surface area contributed by atoms with Gasteiger partial charge in [-0.15, -0.1) is 0 Å². The number of aryl methyl sites for hydroxylation is 2. The number of aromatic nitrogens is 1. The van der Waals surface area contributed by atoms with Gasteiger partial charge in [-0.2, -0.15) is 0 Å². The molecule has 1 aromatic heterocycles. The van der Waals surface area contributed by atoms with E-state index >= 15 is 0 Å². The number of hydrogen-bond donors (Lipinski definition) is 3. The lowest BCUT2D eigenvalue weighted by molar-refractivity contribution is -0.121. The molecule has 0 saturated carbocycles. The summed E-state index contributed by atoms with van der Waals surface area (Å²) in [4.78, 5) is 27.4. The van der Waals surface area contributed by atoms with Gasteiger partial charge in [0, 0.05) is 22.2 Å². The van der Waals surface area contributed by atoms with Crippen molar-refractivity contribution in [2.75, 3.05) is 0 Å². The SMILES string of the molecule is CCc1ccc(C(=O)NNC(=O)Cc2c(C)[nH]c3ccc(F)cc23)cc1. The van der Waals surface area contributed by atoms with Gasteiger partial charge in [-0.25, -0.2) is 4.39 Å². The zero-order chi connectivity index (χ0) is 18.7. The zero-order valence-electron chi connectivity index (χ0n) is 14.7. The number of carbonyl (C=O) groups is 2. The maximum absolute atomic E-state index is 13.5. The molecule has 0 saturated heterocycles. The quantitative estimate of drug-likeness (QED) is 0.630. The lowest BCUT2D eigenvalue weighted by Gasteiger charge is -2.08. The largest absolute Gasteiger partial charge is 0.358 e. The van der Waals surface area contributed by atoms with Crippen molar-refractivity contribution in [3.63, 3.8) is 0 Å². The van der Waals surface area contributed by atoms with Gasteiger partial charge in [-0.05, 0) is 54.8 Å². The second-order valence-electron chi connectivity index (χ2n) is 6.15. The number of hydrogen-bond acceptors (Lipinski definition) is 2. The first-order valence-corrected chi connectivity index (χ1v) is 8.42. The number of carbonyl (C=O) groups excluding carboxylic acids is 2. The number of H-pyrrole nitrogens is 1. The van der Waals surface area contributed by atoms with Crippen LogP contribution in [-0.4, -0.2) is 16.8 Å². The Hall–Kier alpha value is -3.15. The van der Waals surface area contributed by atoms with Crippen LogP contribution in [0.25, 0.3) is 10.9 Å². The Bertz CT molecular complexity index is 961. The predicted octanol–water partition coefficient (Wildman–Crippen LogP) is 3.18. The molecule has 0 aliphatic carbocycles. The Kier molecular flexibility index (Phi) is 5.02. The van der Waals surface area contributed by atoms with Gasteiger partial charge in [0.15, 0.2) is 0 Å². The summed E-state index contributed by atoms with van der Waals surface area (Å²) in [6, 6.07) is 11.6. The van der Waals surface area contributed by atoms with Gasteiger partial charge in [-0.1, -0.05) is 19.1 Å². The molecule has 0 aliphatic rings. The van der Waals surface area contributed by atoms with E-state index in [-0.39, 0.29) is 24.1 Å². The fourth-order valence-electron chi connectivity index (χ4n) is 2.88. The van der Waals surface area contributed by atoms with Gasteiger partial charge >= 0.3 is 0 Å². The third kappa shape index (κ3) is 3.74. The molecule has 6 heteroatoms. The number of nitrogens with one attached hydrogen (secondary N) is 3. The summed E-state index contributed by atoms with van der Waals surface area (Å²) in [5, 5.41) is 0.666. The summed E-state index contributed by atoms with van der Waals surface area (Å²) in [5.74, 6) is -1.12. The van der Waals surface area contributed by atoms with Crippen LogP contribution in [0, 0.1) is 12.7 Å². The third-order valence-corrected chi connectivity index (χ3v) is 4.36. The molecule has 3 N–H and O–H groups in total. The molecule has 134 valence electrons. The molecule has 0 bridgehead atoms. The van der Waals surface area contributed by atoms with Crippen molar-refractivity contribution in [2.24, 2.45) is 0 Å². The highest BCUT2D eigenvalue weighted by atomic mass is 19.1. The van der Waals surface area contributed by atoms with Crippen molar-refractivity contribution in [1.29, 1.82) is 0 Å². The van der Waals surface area contributed by atoms with Crippen LogP contribution in [0.15, 0.2) is 42.5 Å². The van der Waals surface area contributed by atoms with Crippen LogP contribution in [0.3, 0.4) is 0 Å². The van der Waals surface area contributed by atoms with Crippen LogP contribution in [0.1, 0.15) is 34.1 Å². The number of hydrazine groups is 1. The number of halogens is 1. The van der Waals surface area contributed by atoms with E-state index in [1.165, 1.54) is 12.1 Å². The number of benzene rings is 2. The molecular formula is C20H20FN3O2. The van der Waals surface area contributed by atoms with E-state index in [9.17, 15) is 14.0 Å². The smallest absolute Gasteiger partial charge is 0.269 e. The summed E-state index contributed by atoms with van der Waals surface area (Å²) >= 11 is 0. The Morgan fingerprint density at radius 1 is 1.08 bits per heavy atom. The summed E-state index contributed by atoms with van der Waals surface area (Å²) in [7, 11) is 0. The van der Waals surface area contributed by atoms with Crippen molar-refractivity contribution in [2.45, 2.75) is 26.7 Å². The standard InChI is InChI=1S/C20H20FN3O2/c1-3-13-4-6-14(7-5-13)20(26)24-23-19(25)11-16-12(2)22-18-9-8-15(21)10-17(16)18/h4-10,22H,3,11H2,1-2H3,(H,23,25)(H,24,26). The van der Waals surface area contributed by atoms with E-state index in [1.807, 2.05) is 26.0 Å². The van der Waals surface area contributed by atoms with Gasteiger partial charge in [0.05, 0.1) is 6.42 Å². The van der Waals surface area contributed by atoms with E-state index in [0.717, 1.165) is 23.2 Å². The Balaban J connectivity index is 1.65. The highest BCUT2D eigenvalue weighted by Gasteiger charge is 2.14. The minimum atomic E-state index is -0.386. The minimum absolute atomic E-state index is 0.0321. The van der Waals surface area contributed by atoms with Crippen LogP contribution in [0.4, 0.5) is 4.39 Å². The Morgan fingerprint density at radius 2 is 1.81 bits per heavy atom. The van der Waals surface area contributed by atoms with Crippen molar-refractivity contribution < 1.29 is 14.0 Å². The van der Waals surface area contributed by atoms with Crippen molar-refractivity contribution in [1.82, 2.24) is 15.8 Å². The Morgan fingerprint density at radius 3 is 2.50 bits per heavy atom. The molecule has 0 unspecified atom stereocenters. The molecule has 0 radical (unpaired) electrons. The van der Waals surface area contributed by atoms with E-state index in [4.69, 9.17) is 0 Å². The van der Waals surface area contributed by atoms with Gasteiger partial charge in [-0.3, -0.25) is 20.4 Å². The average Bonchev–Trinajstić information content (AvgIpc) is 2.94. The van der Waals surface area contributed by atoms with E-state index in [0.29, 0.717) is 16.5 Å². The molecule has 0 atom stereocenters. The third-order valence-electron chi connectivity index (χ3n) is 4.36. The van der Waals surface area contributed by atoms with Crippen LogP contribution in [0.2, 0.25) is 0 Å². The molecule has 2 amide bonds. The van der Waals surface area contributed by atoms with Crippen molar-refractivity contribution in [3.8, 4) is 0 Å². The molecule has 3 rings (SSSR count). The van der Waals surface area contributed by atoms with Gasteiger partial charge in [0.1, 0.15) is 5.82 Å². The van der Waals surface area contributed by atoms with Crippen LogP contribution in [-0.2, 0) is 17.6 Å². The molecule has 0 aliphatic heterocycles. The lowest BCUT2D eigenvalue weighted by atomic mass is 10.1. The van der Waals surface area contributed by atoms with E-state index in [2.05, 4.69) is 15.8 Å². The highest BCUT2D eigenvalue weighted by molar-refractivity contribution is 5.96. The minimum Gasteiger partial charge on any atom is -0.358 e. The fourth-order valence-corrected chi connectivity index (χ4v) is 2.88. The first-order chi connectivity index (χ1) is 12.5. The van der Waals surface area contributed by atoms with E-state index in [1.54, 1.807) is 18.2 Å². The van der Waals surface area contributed by atoms with Crippen LogP contribution >= 0.6 is 0 Å². The first kappa shape index (κ1) is 17.7. The number of amides is 2. The molecule has 26 heavy (non-hydrogen) atoms. The maximum Gasteiger partial charge on any atom is 0.269 e. The second kappa shape index (κ2) is 7.39. The normalized spacial score (nSPS) is 10.7. The van der Waals surface area contributed by atoms with Crippen molar-refractivity contribution >= 4 is 22.7 Å². The monoisotopic (exact) mass is 353 g/mol. The molecule has 0 spiro atoms. The van der Waals surface area contributed by atoms with Gasteiger partial charge in [0.25, 0.3) is 5.91 Å². The molecule has 5 nitrogen and oxygen atoms in total. The zero-order valence-corrected chi connectivity index (χ0v) is 14.7. The maximum atomic E-state index is 13.5. The number of fused-ring (bicyclic) bond motifs is 1. The van der Waals surface area contributed by atoms with Gasteiger partial charge < -0.3 is 4.98 Å². The summed E-state index contributed by atoms with van der Waals surface area (Å²) in [6.45, 7) is 3.86. The van der Waals surface area contributed by atoms with Crippen LogP contribution < -0.4 is 10.9 Å². The number of aromatic amines is 1. The Labute approximate surface area is 150 Å². The van der Waals surface area contributed by atoms with Crippen molar-refractivity contribution in [3.05, 3.63) is 70.7 Å². The molecule has 3 aromatic rings.